The second-order valence-electron chi connectivity index (χ2n) is 7.06. The van der Waals surface area contributed by atoms with Gasteiger partial charge in [0.05, 0.1) is 5.25 Å². The summed E-state index contributed by atoms with van der Waals surface area (Å²) in [5.74, 6) is -0.698. The fourth-order valence-corrected chi connectivity index (χ4v) is 4.93. The van der Waals surface area contributed by atoms with E-state index < -0.39 is 11.2 Å². The lowest BCUT2D eigenvalue weighted by molar-refractivity contribution is -0.117. The molecule has 0 saturated carbocycles. The number of anilines is 2. The van der Waals surface area contributed by atoms with Crippen molar-refractivity contribution in [1.29, 1.82) is 5.26 Å². The minimum absolute atomic E-state index is 0.0920. The number of para-hydroxylation sites is 1. The van der Waals surface area contributed by atoms with E-state index in [2.05, 4.69) is 21.2 Å². The van der Waals surface area contributed by atoms with Crippen LogP contribution in [0.2, 0.25) is 0 Å². The first-order valence-electron chi connectivity index (χ1n) is 9.87. The molecular formula is C25H18BrN3O2S. The lowest BCUT2D eigenvalue weighted by Crippen LogP contribution is -2.30. The molecule has 0 unspecified atom stereocenters. The van der Waals surface area contributed by atoms with Crippen LogP contribution in [0.25, 0.3) is 0 Å². The molecule has 1 aliphatic heterocycles. The van der Waals surface area contributed by atoms with E-state index in [9.17, 15) is 14.9 Å². The van der Waals surface area contributed by atoms with Crippen LogP contribution in [0.15, 0.2) is 100 Å². The number of nitrogens with one attached hydrogen (secondary N) is 1. The Morgan fingerprint density at radius 3 is 2.25 bits per heavy atom. The molecule has 158 valence electrons. The minimum atomic E-state index is -0.550. The van der Waals surface area contributed by atoms with E-state index in [-0.39, 0.29) is 11.5 Å². The summed E-state index contributed by atoms with van der Waals surface area (Å²) in [5.41, 5.74) is 2.11. The van der Waals surface area contributed by atoms with Crippen LogP contribution in [0.5, 0.6) is 0 Å². The molecule has 3 aromatic carbocycles. The predicted octanol–water partition coefficient (Wildman–Crippen LogP) is 5.51. The van der Waals surface area contributed by atoms with Crippen molar-refractivity contribution in [2.75, 3.05) is 10.2 Å². The van der Waals surface area contributed by atoms with Crippen molar-refractivity contribution in [2.45, 2.75) is 11.7 Å². The van der Waals surface area contributed by atoms with Gasteiger partial charge in [0.2, 0.25) is 5.91 Å². The van der Waals surface area contributed by atoms with Crippen molar-refractivity contribution in [1.82, 2.24) is 0 Å². The lowest BCUT2D eigenvalue weighted by Gasteiger charge is -2.18. The number of hydrogen-bond donors (Lipinski definition) is 1. The van der Waals surface area contributed by atoms with Crippen molar-refractivity contribution >= 4 is 50.9 Å². The Bertz CT molecular complexity index is 1210. The average molecular weight is 504 g/mol. The molecule has 3 aromatic rings. The number of carbonyl (C=O) groups is 2. The molecule has 0 aliphatic carbocycles. The number of rotatable bonds is 5. The molecule has 1 heterocycles. The quantitative estimate of drug-likeness (QED) is 0.367. The van der Waals surface area contributed by atoms with Gasteiger partial charge in [-0.25, -0.2) is 0 Å². The highest BCUT2D eigenvalue weighted by Gasteiger charge is 2.40. The summed E-state index contributed by atoms with van der Waals surface area (Å²) in [6.07, 6.45) is 0.504. The highest BCUT2D eigenvalue weighted by molar-refractivity contribution is 9.10. The Hall–Kier alpha value is -3.34. The van der Waals surface area contributed by atoms with Crippen LogP contribution in [0.1, 0.15) is 5.56 Å². The first-order chi connectivity index (χ1) is 15.6. The van der Waals surface area contributed by atoms with Gasteiger partial charge in [-0.05, 0) is 48.4 Å². The first-order valence-corrected chi connectivity index (χ1v) is 11.5. The zero-order chi connectivity index (χ0) is 22.5. The van der Waals surface area contributed by atoms with Gasteiger partial charge in [0.1, 0.15) is 16.7 Å². The van der Waals surface area contributed by atoms with Crippen LogP contribution >= 0.6 is 27.7 Å². The molecule has 4 rings (SSSR count). The van der Waals surface area contributed by atoms with Crippen LogP contribution < -0.4 is 10.2 Å². The van der Waals surface area contributed by atoms with E-state index in [0.717, 1.165) is 10.0 Å². The molecule has 0 radical (unpaired) electrons. The monoisotopic (exact) mass is 503 g/mol. The maximum atomic E-state index is 13.4. The average Bonchev–Trinajstić information content (AvgIpc) is 3.12. The van der Waals surface area contributed by atoms with Gasteiger partial charge in [-0.15, -0.1) is 0 Å². The maximum Gasteiger partial charge on any atom is 0.269 e. The normalized spacial score (nSPS) is 17.1. The molecule has 1 saturated heterocycles. The molecule has 1 atom stereocenters. The van der Waals surface area contributed by atoms with Crippen LogP contribution in [-0.4, -0.2) is 17.1 Å². The van der Waals surface area contributed by atoms with Crippen LogP contribution in [0.3, 0.4) is 0 Å². The highest BCUT2D eigenvalue weighted by Crippen LogP contribution is 2.42. The number of carbonyl (C=O) groups excluding carboxylic acids is 2. The lowest BCUT2D eigenvalue weighted by atomic mass is 10.1. The zero-order valence-corrected chi connectivity index (χ0v) is 19.3. The third-order valence-electron chi connectivity index (χ3n) is 4.89. The Morgan fingerprint density at radius 2 is 1.62 bits per heavy atom. The van der Waals surface area contributed by atoms with Gasteiger partial charge in [0.15, 0.2) is 0 Å². The van der Waals surface area contributed by atoms with Crippen LogP contribution in [0, 0.1) is 11.3 Å². The summed E-state index contributed by atoms with van der Waals surface area (Å²) in [5, 5.41) is 12.5. The molecule has 1 aliphatic rings. The number of nitriles is 1. The zero-order valence-electron chi connectivity index (χ0n) is 16.9. The number of amides is 2. The first kappa shape index (κ1) is 21.9. The van der Waals surface area contributed by atoms with Crippen molar-refractivity contribution in [2.24, 2.45) is 0 Å². The van der Waals surface area contributed by atoms with Gasteiger partial charge in [0, 0.05) is 15.8 Å². The van der Waals surface area contributed by atoms with E-state index in [1.807, 2.05) is 54.6 Å². The fourth-order valence-electron chi connectivity index (χ4n) is 3.35. The van der Waals surface area contributed by atoms with E-state index in [4.69, 9.17) is 0 Å². The Labute approximate surface area is 198 Å². The molecule has 1 fully saturated rings. The smallest absolute Gasteiger partial charge is 0.269 e. The molecule has 1 N–H and O–H groups in total. The van der Waals surface area contributed by atoms with Gasteiger partial charge in [-0.2, -0.15) is 5.26 Å². The molecule has 7 heteroatoms. The van der Waals surface area contributed by atoms with Crippen molar-refractivity contribution in [3.05, 3.63) is 106 Å². The van der Waals surface area contributed by atoms with Gasteiger partial charge in [-0.1, -0.05) is 76.2 Å². The molecule has 0 bridgehead atoms. The molecule has 32 heavy (non-hydrogen) atoms. The molecular weight excluding hydrogens is 486 g/mol. The van der Waals surface area contributed by atoms with E-state index in [1.165, 1.54) is 16.7 Å². The number of nitrogens with zero attached hydrogens (tertiary/aromatic N) is 2. The Balaban J connectivity index is 1.70. The summed E-state index contributed by atoms with van der Waals surface area (Å²) in [6, 6.07) is 27.9. The van der Waals surface area contributed by atoms with E-state index in [0.29, 0.717) is 22.8 Å². The van der Waals surface area contributed by atoms with Crippen LogP contribution in [0.4, 0.5) is 11.4 Å². The SMILES string of the molecule is N#C/C(C(=O)Nc1ccc(Br)cc1)=C1/S[C@H](Cc2ccccc2)C(=O)N1c1ccccc1. The summed E-state index contributed by atoms with van der Waals surface area (Å²) in [7, 11) is 0. The van der Waals surface area contributed by atoms with E-state index in [1.54, 1.807) is 36.4 Å². The number of halogens is 1. The van der Waals surface area contributed by atoms with Gasteiger partial charge < -0.3 is 5.32 Å². The minimum Gasteiger partial charge on any atom is -0.321 e. The van der Waals surface area contributed by atoms with Gasteiger partial charge in [-0.3, -0.25) is 14.5 Å². The van der Waals surface area contributed by atoms with Crippen molar-refractivity contribution in [3.63, 3.8) is 0 Å². The summed E-state index contributed by atoms with van der Waals surface area (Å²) >= 11 is 4.62. The molecule has 0 spiro atoms. The molecule has 0 aromatic heterocycles. The summed E-state index contributed by atoms with van der Waals surface area (Å²) in [4.78, 5) is 27.9. The summed E-state index contributed by atoms with van der Waals surface area (Å²) < 4.78 is 0.880. The molecule has 2 amide bonds. The van der Waals surface area contributed by atoms with Crippen molar-refractivity contribution < 1.29 is 9.59 Å². The molecule has 5 nitrogen and oxygen atoms in total. The Kier molecular flexibility index (Phi) is 6.74. The number of benzene rings is 3. The number of hydrogen-bond acceptors (Lipinski definition) is 4. The summed E-state index contributed by atoms with van der Waals surface area (Å²) in [6.45, 7) is 0. The van der Waals surface area contributed by atoms with Gasteiger partial charge >= 0.3 is 0 Å². The maximum absolute atomic E-state index is 13.4. The third-order valence-corrected chi connectivity index (χ3v) is 6.68. The topological polar surface area (TPSA) is 73.2 Å². The predicted molar refractivity (Wildman–Crippen MR) is 131 cm³/mol. The third kappa shape index (κ3) is 4.77. The Morgan fingerprint density at radius 1 is 1.00 bits per heavy atom. The number of thioether (sulfide) groups is 1. The largest absolute Gasteiger partial charge is 0.321 e. The second kappa shape index (κ2) is 9.86. The van der Waals surface area contributed by atoms with E-state index >= 15 is 0 Å². The standard InChI is InChI=1S/C25H18BrN3O2S/c26-18-11-13-19(14-12-18)28-23(30)21(16-27)25-29(20-9-5-2-6-10-20)24(31)22(32-25)15-17-7-3-1-4-8-17/h1-14,22H,15H2,(H,28,30)/b25-21-/t22-/m1/s1. The second-order valence-corrected chi connectivity index (χ2v) is 9.17. The van der Waals surface area contributed by atoms with Crippen LogP contribution in [-0.2, 0) is 16.0 Å². The fraction of sp³-hybridized carbons (Fsp3) is 0.0800. The van der Waals surface area contributed by atoms with Gasteiger partial charge in [0.25, 0.3) is 5.91 Å². The highest BCUT2D eigenvalue weighted by atomic mass is 79.9. The van der Waals surface area contributed by atoms with Crippen molar-refractivity contribution in [3.8, 4) is 6.07 Å².